The third-order valence-electron chi connectivity index (χ3n) is 4.00. The van der Waals surface area contributed by atoms with Gasteiger partial charge in [-0.3, -0.25) is 0 Å². The molecule has 0 amide bonds. The average molecular weight is 228 g/mol. The van der Waals surface area contributed by atoms with Crippen LogP contribution in [0.1, 0.15) is 29.3 Å². The van der Waals surface area contributed by atoms with Gasteiger partial charge in [-0.1, -0.05) is 6.07 Å². The van der Waals surface area contributed by atoms with Gasteiger partial charge in [0.25, 0.3) is 0 Å². The molecule has 1 aromatic carbocycles. The molecule has 2 heterocycles. The number of benzene rings is 1. The predicted octanol–water partition coefficient (Wildman–Crippen LogP) is 2.83. The summed E-state index contributed by atoms with van der Waals surface area (Å²) in [5.41, 5.74) is 7.18. The highest BCUT2D eigenvalue weighted by Crippen LogP contribution is 2.32. The quantitative estimate of drug-likeness (QED) is 0.733. The van der Waals surface area contributed by atoms with Crippen LogP contribution < -0.4 is 5.32 Å². The van der Waals surface area contributed by atoms with E-state index in [9.17, 15) is 0 Å². The van der Waals surface area contributed by atoms with Crippen molar-refractivity contribution in [1.82, 2.24) is 9.88 Å². The molecule has 0 aliphatic carbocycles. The molecule has 1 aliphatic heterocycles. The van der Waals surface area contributed by atoms with Gasteiger partial charge in [0.05, 0.1) is 0 Å². The van der Waals surface area contributed by atoms with Crippen molar-refractivity contribution in [2.75, 3.05) is 0 Å². The standard InChI is InChI=1S/C15H20N2/c1-9-5-10(2)15-12-8-16-11(3)7-13(12)17(4)14(15)6-9/h5-6,11,16H,7-8H2,1-4H3. The fourth-order valence-corrected chi connectivity index (χ4v) is 3.18. The molecule has 2 nitrogen and oxygen atoms in total. The van der Waals surface area contributed by atoms with E-state index in [1.165, 1.54) is 33.3 Å². The third-order valence-corrected chi connectivity index (χ3v) is 4.00. The molecular formula is C15H20N2. The number of hydrogen-bond acceptors (Lipinski definition) is 1. The molecule has 2 heteroatoms. The van der Waals surface area contributed by atoms with Gasteiger partial charge >= 0.3 is 0 Å². The topological polar surface area (TPSA) is 17.0 Å². The Morgan fingerprint density at radius 1 is 1.29 bits per heavy atom. The maximum atomic E-state index is 3.57. The summed E-state index contributed by atoms with van der Waals surface area (Å²) in [6.07, 6.45) is 1.14. The lowest BCUT2D eigenvalue weighted by Gasteiger charge is -2.21. The van der Waals surface area contributed by atoms with Crippen LogP contribution in [-0.4, -0.2) is 10.6 Å². The van der Waals surface area contributed by atoms with Crippen molar-refractivity contribution in [2.24, 2.45) is 7.05 Å². The molecule has 1 aromatic heterocycles. The lowest BCUT2D eigenvalue weighted by atomic mass is 9.98. The van der Waals surface area contributed by atoms with Crippen molar-refractivity contribution in [3.05, 3.63) is 34.5 Å². The summed E-state index contributed by atoms with van der Waals surface area (Å²) >= 11 is 0. The number of nitrogens with zero attached hydrogens (tertiary/aromatic N) is 1. The molecule has 17 heavy (non-hydrogen) atoms. The monoisotopic (exact) mass is 228 g/mol. The summed E-state index contributed by atoms with van der Waals surface area (Å²) < 4.78 is 2.39. The minimum Gasteiger partial charge on any atom is -0.347 e. The van der Waals surface area contributed by atoms with E-state index >= 15 is 0 Å². The Kier molecular flexibility index (Phi) is 2.30. The molecule has 1 atom stereocenters. The second-order valence-corrected chi connectivity index (χ2v) is 5.45. The average Bonchev–Trinajstić information content (AvgIpc) is 2.53. The molecule has 0 bridgehead atoms. The first-order valence-corrected chi connectivity index (χ1v) is 6.38. The van der Waals surface area contributed by atoms with E-state index in [2.05, 4.69) is 49.8 Å². The molecular weight excluding hydrogens is 208 g/mol. The first-order chi connectivity index (χ1) is 8.08. The summed E-state index contributed by atoms with van der Waals surface area (Å²) in [6.45, 7) is 7.68. The minimum absolute atomic E-state index is 0.590. The Hall–Kier alpha value is -1.28. The summed E-state index contributed by atoms with van der Waals surface area (Å²) in [6, 6.07) is 5.19. The number of rotatable bonds is 0. The van der Waals surface area contributed by atoms with E-state index in [0.717, 1.165) is 13.0 Å². The van der Waals surface area contributed by atoms with Crippen LogP contribution in [0.2, 0.25) is 0 Å². The third kappa shape index (κ3) is 1.51. The number of aryl methyl sites for hydroxylation is 3. The van der Waals surface area contributed by atoms with Crippen molar-refractivity contribution in [2.45, 2.75) is 39.8 Å². The van der Waals surface area contributed by atoms with Gasteiger partial charge in [-0.25, -0.2) is 0 Å². The van der Waals surface area contributed by atoms with Crippen LogP contribution in [0.25, 0.3) is 10.9 Å². The smallest absolute Gasteiger partial charge is 0.0488 e. The highest BCUT2D eigenvalue weighted by atomic mass is 15.0. The second kappa shape index (κ2) is 3.61. The van der Waals surface area contributed by atoms with Gasteiger partial charge < -0.3 is 9.88 Å². The SMILES string of the molecule is Cc1cc(C)c2c3c(n(C)c2c1)CC(C)NC3. The molecule has 3 rings (SSSR count). The Bertz CT molecular complexity index is 593. The van der Waals surface area contributed by atoms with Crippen molar-refractivity contribution in [3.8, 4) is 0 Å². The van der Waals surface area contributed by atoms with E-state index in [1.54, 1.807) is 0 Å². The first kappa shape index (κ1) is 10.8. The van der Waals surface area contributed by atoms with Crippen molar-refractivity contribution >= 4 is 10.9 Å². The molecule has 90 valence electrons. The van der Waals surface area contributed by atoms with Gasteiger partial charge in [0, 0.05) is 42.7 Å². The number of hydrogen-bond donors (Lipinski definition) is 1. The van der Waals surface area contributed by atoms with Gasteiger partial charge in [0.15, 0.2) is 0 Å². The first-order valence-electron chi connectivity index (χ1n) is 6.38. The zero-order chi connectivity index (χ0) is 12.2. The van der Waals surface area contributed by atoms with Crippen molar-refractivity contribution < 1.29 is 0 Å². The zero-order valence-electron chi connectivity index (χ0n) is 11.1. The number of aromatic nitrogens is 1. The minimum atomic E-state index is 0.590. The Labute approximate surface area is 103 Å². The van der Waals surface area contributed by atoms with Crippen LogP contribution >= 0.6 is 0 Å². The van der Waals surface area contributed by atoms with Crippen molar-refractivity contribution in [3.63, 3.8) is 0 Å². The zero-order valence-corrected chi connectivity index (χ0v) is 11.1. The van der Waals surface area contributed by atoms with Gasteiger partial charge in [0.1, 0.15) is 0 Å². The fraction of sp³-hybridized carbons (Fsp3) is 0.467. The fourth-order valence-electron chi connectivity index (χ4n) is 3.18. The molecule has 1 aliphatic rings. The van der Waals surface area contributed by atoms with Crippen LogP contribution in [0.5, 0.6) is 0 Å². The summed E-state index contributed by atoms with van der Waals surface area (Å²) in [4.78, 5) is 0. The van der Waals surface area contributed by atoms with E-state index in [-0.39, 0.29) is 0 Å². The molecule has 0 radical (unpaired) electrons. The molecule has 0 saturated carbocycles. The Morgan fingerprint density at radius 2 is 2.06 bits per heavy atom. The lowest BCUT2D eigenvalue weighted by molar-refractivity contribution is 0.501. The normalized spacial score (nSPS) is 19.6. The highest BCUT2D eigenvalue weighted by Gasteiger charge is 2.22. The summed E-state index contributed by atoms with van der Waals surface area (Å²) in [7, 11) is 2.21. The van der Waals surface area contributed by atoms with E-state index in [1.807, 2.05) is 0 Å². The molecule has 1 unspecified atom stereocenters. The summed E-state index contributed by atoms with van der Waals surface area (Å²) in [5, 5.41) is 5.04. The largest absolute Gasteiger partial charge is 0.347 e. The van der Waals surface area contributed by atoms with E-state index in [0.29, 0.717) is 6.04 Å². The molecule has 1 N–H and O–H groups in total. The molecule has 2 aromatic rings. The predicted molar refractivity (Wildman–Crippen MR) is 72.4 cm³/mol. The van der Waals surface area contributed by atoms with Gasteiger partial charge in [-0.15, -0.1) is 0 Å². The van der Waals surface area contributed by atoms with Gasteiger partial charge in [-0.2, -0.15) is 0 Å². The van der Waals surface area contributed by atoms with E-state index < -0.39 is 0 Å². The number of fused-ring (bicyclic) bond motifs is 3. The maximum Gasteiger partial charge on any atom is 0.0488 e. The highest BCUT2D eigenvalue weighted by molar-refractivity contribution is 5.89. The second-order valence-electron chi connectivity index (χ2n) is 5.45. The van der Waals surface area contributed by atoms with Crippen LogP contribution in [0, 0.1) is 13.8 Å². The van der Waals surface area contributed by atoms with Crippen LogP contribution in [0.3, 0.4) is 0 Å². The van der Waals surface area contributed by atoms with Crippen LogP contribution in [-0.2, 0) is 20.0 Å². The maximum absolute atomic E-state index is 3.57. The van der Waals surface area contributed by atoms with Crippen LogP contribution in [0.4, 0.5) is 0 Å². The molecule has 0 saturated heterocycles. The van der Waals surface area contributed by atoms with Gasteiger partial charge in [-0.05, 0) is 43.5 Å². The van der Waals surface area contributed by atoms with Gasteiger partial charge in [0.2, 0.25) is 0 Å². The molecule has 0 spiro atoms. The Morgan fingerprint density at radius 3 is 2.82 bits per heavy atom. The number of nitrogens with one attached hydrogen (secondary N) is 1. The molecule has 0 fully saturated rings. The van der Waals surface area contributed by atoms with Crippen molar-refractivity contribution in [1.29, 1.82) is 0 Å². The Balaban J connectivity index is 2.37. The van der Waals surface area contributed by atoms with E-state index in [4.69, 9.17) is 0 Å². The van der Waals surface area contributed by atoms with Crippen LogP contribution in [0.15, 0.2) is 12.1 Å². The summed E-state index contributed by atoms with van der Waals surface area (Å²) in [5.74, 6) is 0. The lowest BCUT2D eigenvalue weighted by Crippen LogP contribution is -2.33.